The van der Waals surface area contributed by atoms with E-state index in [1.54, 1.807) is 7.11 Å². The second kappa shape index (κ2) is 5.80. The molecule has 1 aromatic carbocycles. The number of carboxylic acids is 1. The zero-order chi connectivity index (χ0) is 15.7. The van der Waals surface area contributed by atoms with Crippen molar-refractivity contribution >= 4 is 5.97 Å². The van der Waals surface area contributed by atoms with Gasteiger partial charge in [0.15, 0.2) is 11.5 Å². The molecule has 1 aliphatic heterocycles. The van der Waals surface area contributed by atoms with Crippen molar-refractivity contribution in [1.29, 1.82) is 0 Å². The van der Waals surface area contributed by atoms with Crippen molar-refractivity contribution in [3.8, 4) is 11.5 Å². The Bertz CT molecular complexity index is 560. The molecule has 5 nitrogen and oxygen atoms in total. The van der Waals surface area contributed by atoms with E-state index in [9.17, 15) is 9.90 Å². The molecule has 5 heteroatoms. The number of piperidine rings is 1. The van der Waals surface area contributed by atoms with Crippen LogP contribution in [0.1, 0.15) is 31.2 Å². The van der Waals surface area contributed by atoms with E-state index in [1.807, 2.05) is 18.2 Å². The third-order valence-corrected chi connectivity index (χ3v) is 4.83. The first-order valence-electron chi connectivity index (χ1n) is 7.82. The fraction of sp³-hybridized carbons (Fsp3) is 0.588. The summed E-state index contributed by atoms with van der Waals surface area (Å²) in [7, 11) is 3.72. The van der Waals surface area contributed by atoms with Crippen molar-refractivity contribution in [2.75, 3.05) is 27.2 Å². The van der Waals surface area contributed by atoms with E-state index >= 15 is 0 Å². The van der Waals surface area contributed by atoms with Crippen LogP contribution in [-0.2, 0) is 10.2 Å². The molecule has 1 saturated heterocycles. The Labute approximate surface area is 130 Å². The monoisotopic (exact) mass is 305 g/mol. The number of nitrogens with zero attached hydrogens (tertiary/aromatic N) is 1. The summed E-state index contributed by atoms with van der Waals surface area (Å²) in [6.45, 7) is 2.07. The molecule has 3 rings (SSSR count). The molecule has 1 aliphatic carbocycles. The first kappa shape index (κ1) is 15.2. The maximum absolute atomic E-state index is 11.4. The Morgan fingerprint density at radius 2 is 1.95 bits per heavy atom. The number of carbonyl (C=O) groups is 1. The van der Waals surface area contributed by atoms with Crippen LogP contribution in [0.3, 0.4) is 0 Å². The maximum Gasteiger partial charge on any atom is 0.314 e. The highest BCUT2D eigenvalue weighted by Crippen LogP contribution is 2.50. The van der Waals surface area contributed by atoms with E-state index in [0.717, 1.165) is 31.5 Å². The zero-order valence-electron chi connectivity index (χ0n) is 13.2. The van der Waals surface area contributed by atoms with Gasteiger partial charge in [0.25, 0.3) is 0 Å². The van der Waals surface area contributed by atoms with Crippen molar-refractivity contribution in [3.63, 3.8) is 0 Å². The van der Waals surface area contributed by atoms with Gasteiger partial charge in [0.2, 0.25) is 0 Å². The highest BCUT2D eigenvalue weighted by Gasteiger charge is 2.52. The lowest BCUT2D eigenvalue weighted by molar-refractivity contribution is -0.140. The average Bonchev–Trinajstić information content (AvgIpc) is 3.32. The summed E-state index contributed by atoms with van der Waals surface area (Å²) < 4.78 is 11.5. The van der Waals surface area contributed by atoms with Gasteiger partial charge in [-0.15, -0.1) is 0 Å². The van der Waals surface area contributed by atoms with Gasteiger partial charge in [0, 0.05) is 13.1 Å². The van der Waals surface area contributed by atoms with Crippen LogP contribution in [0.4, 0.5) is 0 Å². The van der Waals surface area contributed by atoms with Gasteiger partial charge in [-0.3, -0.25) is 4.79 Å². The largest absolute Gasteiger partial charge is 0.493 e. The summed E-state index contributed by atoms with van der Waals surface area (Å²) in [5, 5.41) is 9.40. The Morgan fingerprint density at radius 1 is 1.27 bits per heavy atom. The van der Waals surface area contributed by atoms with Crippen molar-refractivity contribution in [2.24, 2.45) is 0 Å². The Morgan fingerprint density at radius 3 is 2.50 bits per heavy atom. The Kier molecular flexibility index (Phi) is 4.00. The average molecular weight is 305 g/mol. The van der Waals surface area contributed by atoms with Crippen LogP contribution in [-0.4, -0.2) is 49.3 Å². The van der Waals surface area contributed by atoms with Crippen LogP contribution >= 0.6 is 0 Å². The van der Waals surface area contributed by atoms with Gasteiger partial charge in [-0.2, -0.15) is 0 Å². The first-order chi connectivity index (χ1) is 10.5. The minimum Gasteiger partial charge on any atom is -0.493 e. The lowest BCUT2D eigenvalue weighted by Gasteiger charge is -2.29. The van der Waals surface area contributed by atoms with Gasteiger partial charge < -0.3 is 19.5 Å². The number of carboxylic acid groups (broad SMARTS) is 1. The number of rotatable bonds is 5. The van der Waals surface area contributed by atoms with Crippen molar-refractivity contribution in [3.05, 3.63) is 23.8 Å². The van der Waals surface area contributed by atoms with Gasteiger partial charge in [0.05, 0.1) is 12.5 Å². The van der Waals surface area contributed by atoms with Gasteiger partial charge in [-0.1, -0.05) is 6.07 Å². The van der Waals surface area contributed by atoms with E-state index < -0.39 is 11.4 Å². The normalized spacial score (nSPS) is 21.4. The number of likely N-dealkylation sites (tertiary alicyclic amines) is 1. The third kappa shape index (κ3) is 2.77. The van der Waals surface area contributed by atoms with Crippen LogP contribution in [0.25, 0.3) is 0 Å². The summed E-state index contributed by atoms with van der Waals surface area (Å²) in [6, 6.07) is 5.55. The Balaban J connectivity index is 1.77. The van der Waals surface area contributed by atoms with Crippen LogP contribution in [0.2, 0.25) is 0 Å². The highest BCUT2D eigenvalue weighted by atomic mass is 16.5. The lowest BCUT2D eigenvalue weighted by Crippen LogP contribution is -2.35. The first-order valence-corrected chi connectivity index (χ1v) is 7.82. The number of hydrogen-bond acceptors (Lipinski definition) is 4. The zero-order valence-corrected chi connectivity index (χ0v) is 13.2. The fourth-order valence-corrected chi connectivity index (χ4v) is 3.10. The molecule has 0 amide bonds. The summed E-state index contributed by atoms with van der Waals surface area (Å²) >= 11 is 0. The molecule has 1 N–H and O–H groups in total. The smallest absolute Gasteiger partial charge is 0.314 e. The minimum atomic E-state index is -0.751. The standard InChI is InChI=1S/C17H23NO4/c1-18-9-5-13(6-10-18)22-14-4-3-12(11-15(14)21-2)17(7-8-17)16(19)20/h3-4,11,13H,5-10H2,1-2H3,(H,19,20). The maximum atomic E-state index is 11.4. The van der Waals surface area contributed by atoms with Crippen LogP contribution in [0.15, 0.2) is 18.2 Å². The molecule has 1 heterocycles. The molecule has 1 aromatic rings. The fourth-order valence-electron chi connectivity index (χ4n) is 3.10. The van der Waals surface area contributed by atoms with Crippen LogP contribution in [0, 0.1) is 0 Å². The van der Waals surface area contributed by atoms with E-state index in [1.165, 1.54) is 0 Å². The molecule has 0 atom stereocenters. The van der Waals surface area contributed by atoms with Gasteiger partial charge >= 0.3 is 5.97 Å². The molecule has 0 unspecified atom stereocenters. The van der Waals surface area contributed by atoms with Crippen LogP contribution in [0.5, 0.6) is 11.5 Å². The highest BCUT2D eigenvalue weighted by molar-refractivity contribution is 5.85. The summed E-state index contributed by atoms with van der Waals surface area (Å²) in [6.07, 6.45) is 3.59. The molecule has 120 valence electrons. The summed E-state index contributed by atoms with van der Waals surface area (Å²) in [5.41, 5.74) is 0.104. The number of methoxy groups -OCH3 is 1. The number of hydrogen-bond donors (Lipinski definition) is 1. The molecular weight excluding hydrogens is 282 g/mol. The van der Waals surface area contributed by atoms with Gasteiger partial charge in [0.1, 0.15) is 6.10 Å². The quantitative estimate of drug-likeness (QED) is 0.904. The summed E-state index contributed by atoms with van der Waals surface area (Å²) in [4.78, 5) is 13.7. The molecule has 2 fully saturated rings. The molecule has 0 bridgehead atoms. The SMILES string of the molecule is COc1cc(C2(C(=O)O)CC2)ccc1OC1CCN(C)CC1. The molecule has 0 spiro atoms. The van der Waals surface area contributed by atoms with Crippen molar-refractivity contribution in [1.82, 2.24) is 4.90 Å². The predicted molar refractivity (Wildman–Crippen MR) is 82.7 cm³/mol. The molecule has 22 heavy (non-hydrogen) atoms. The second-order valence-electron chi connectivity index (χ2n) is 6.37. The van der Waals surface area contributed by atoms with E-state index in [2.05, 4.69) is 11.9 Å². The molecule has 0 radical (unpaired) electrons. The minimum absolute atomic E-state index is 0.199. The van der Waals surface area contributed by atoms with Crippen molar-refractivity contribution in [2.45, 2.75) is 37.2 Å². The van der Waals surface area contributed by atoms with E-state index in [0.29, 0.717) is 24.3 Å². The lowest BCUT2D eigenvalue weighted by atomic mass is 9.96. The number of benzene rings is 1. The van der Waals surface area contributed by atoms with E-state index in [-0.39, 0.29) is 6.10 Å². The predicted octanol–water partition coefficient (Wildman–Crippen LogP) is 2.28. The third-order valence-electron chi connectivity index (χ3n) is 4.83. The molecule has 2 aliphatic rings. The number of ether oxygens (including phenoxy) is 2. The second-order valence-corrected chi connectivity index (χ2v) is 6.37. The Hall–Kier alpha value is -1.75. The number of aliphatic carboxylic acids is 1. The topological polar surface area (TPSA) is 59.0 Å². The van der Waals surface area contributed by atoms with Gasteiger partial charge in [-0.05, 0) is 50.4 Å². The van der Waals surface area contributed by atoms with Gasteiger partial charge in [-0.25, -0.2) is 0 Å². The molecular formula is C17H23NO4. The van der Waals surface area contributed by atoms with Crippen LogP contribution < -0.4 is 9.47 Å². The van der Waals surface area contributed by atoms with Crippen molar-refractivity contribution < 1.29 is 19.4 Å². The van der Waals surface area contributed by atoms with E-state index in [4.69, 9.17) is 9.47 Å². The molecule has 0 aromatic heterocycles. The summed E-state index contributed by atoms with van der Waals surface area (Å²) in [5.74, 6) is 0.587. The molecule has 1 saturated carbocycles.